The van der Waals surface area contributed by atoms with E-state index in [-0.39, 0.29) is 0 Å². The van der Waals surface area contributed by atoms with Crippen molar-refractivity contribution in [3.63, 3.8) is 0 Å². The lowest BCUT2D eigenvalue weighted by Gasteiger charge is -2.37. The third kappa shape index (κ3) is 4.25. The van der Waals surface area contributed by atoms with Crippen molar-refractivity contribution in [1.29, 1.82) is 0 Å². The average molecular weight is 356 g/mol. The molecule has 0 radical (unpaired) electrons. The highest BCUT2D eigenvalue weighted by molar-refractivity contribution is 5.40. The molecule has 0 amide bonds. The molecule has 2 heterocycles. The third-order valence-electron chi connectivity index (χ3n) is 5.01. The molecule has 6 nitrogen and oxygen atoms in total. The van der Waals surface area contributed by atoms with E-state index in [0.717, 1.165) is 61.2 Å². The van der Waals surface area contributed by atoms with Gasteiger partial charge in [-0.3, -0.25) is 4.90 Å². The maximum absolute atomic E-state index is 5.53. The van der Waals surface area contributed by atoms with Gasteiger partial charge in [-0.1, -0.05) is 0 Å². The number of benzene rings is 1. The second-order valence-corrected chi connectivity index (χ2v) is 6.82. The molecule has 6 heteroatoms. The molecule has 0 saturated carbocycles. The number of hydrogen-bond acceptors (Lipinski definition) is 6. The molecule has 1 aliphatic rings. The Morgan fingerprint density at radius 1 is 1.23 bits per heavy atom. The summed E-state index contributed by atoms with van der Waals surface area (Å²) in [7, 11) is 5.50. The van der Waals surface area contributed by atoms with Gasteiger partial charge in [0.05, 0.1) is 14.2 Å². The van der Waals surface area contributed by atoms with Gasteiger partial charge in [0.1, 0.15) is 11.5 Å². The number of hydrogen-bond donors (Lipinski definition) is 0. The molecular weight excluding hydrogens is 328 g/mol. The summed E-state index contributed by atoms with van der Waals surface area (Å²) >= 11 is 0. The van der Waals surface area contributed by atoms with Crippen molar-refractivity contribution in [3.05, 3.63) is 41.7 Å². The fourth-order valence-corrected chi connectivity index (χ4v) is 3.51. The van der Waals surface area contributed by atoms with Gasteiger partial charge in [0.15, 0.2) is 0 Å². The van der Waals surface area contributed by atoms with Crippen LogP contribution >= 0.6 is 0 Å². The molecule has 1 fully saturated rings. The highest BCUT2D eigenvalue weighted by atomic mass is 16.5. The van der Waals surface area contributed by atoms with E-state index in [1.54, 1.807) is 14.2 Å². The molecule has 3 rings (SSSR count). The van der Waals surface area contributed by atoms with Crippen molar-refractivity contribution < 1.29 is 9.47 Å². The van der Waals surface area contributed by atoms with Gasteiger partial charge >= 0.3 is 0 Å². The Morgan fingerprint density at radius 3 is 2.81 bits per heavy atom. The van der Waals surface area contributed by atoms with Crippen LogP contribution in [-0.2, 0) is 6.54 Å². The molecule has 1 aliphatic heterocycles. The van der Waals surface area contributed by atoms with E-state index in [4.69, 9.17) is 9.47 Å². The van der Waals surface area contributed by atoms with E-state index in [9.17, 15) is 0 Å². The number of ether oxygens (including phenoxy) is 2. The number of aryl methyl sites for hydroxylation is 1. The zero-order chi connectivity index (χ0) is 18.5. The van der Waals surface area contributed by atoms with Crippen molar-refractivity contribution in [2.45, 2.75) is 32.4 Å². The molecule has 0 aliphatic carbocycles. The number of methoxy groups -OCH3 is 2. The highest BCUT2D eigenvalue weighted by Crippen LogP contribution is 2.27. The number of likely N-dealkylation sites (tertiary alicyclic amines) is 1. The minimum absolute atomic E-state index is 0.405. The number of rotatable bonds is 6. The van der Waals surface area contributed by atoms with Crippen molar-refractivity contribution in [2.75, 3.05) is 39.3 Å². The van der Waals surface area contributed by atoms with Crippen LogP contribution in [-0.4, -0.2) is 55.3 Å². The van der Waals surface area contributed by atoms with E-state index in [1.807, 2.05) is 31.3 Å². The monoisotopic (exact) mass is 356 g/mol. The standard InChI is InChI=1S/C20H28N4O2/c1-15-9-10-21-20(22-15)23(2)17-6-5-11-24(14-17)13-16-12-18(25-3)7-8-19(16)26-4/h7-10,12,17H,5-6,11,13-14H2,1-4H3. The Labute approximate surface area is 155 Å². The van der Waals surface area contributed by atoms with Crippen LogP contribution < -0.4 is 14.4 Å². The van der Waals surface area contributed by atoms with E-state index in [1.165, 1.54) is 0 Å². The van der Waals surface area contributed by atoms with E-state index >= 15 is 0 Å². The van der Waals surface area contributed by atoms with Crippen LogP contribution in [0.5, 0.6) is 11.5 Å². The van der Waals surface area contributed by atoms with Gasteiger partial charge in [-0.15, -0.1) is 0 Å². The molecule has 140 valence electrons. The number of piperidine rings is 1. The van der Waals surface area contributed by atoms with Crippen LogP contribution in [0.15, 0.2) is 30.5 Å². The minimum Gasteiger partial charge on any atom is -0.497 e. The molecule has 1 aromatic carbocycles. The molecule has 26 heavy (non-hydrogen) atoms. The predicted molar refractivity (Wildman–Crippen MR) is 103 cm³/mol. The Balaban J connectivity index is 1.71. The quantitative estimate of drug-likeness (QED) is 0.793. The number of aromatic nitrogens is 2. The maximum Gasteiger partial charge on any atom is 0.225 e. The Hall–Kier alpha value is -2.34. The largest absolute Gasteiger partial charge is 0.497 e. The Morgan fingerprint density at radius 2 is 2.08 bits per heavy atom. The van der Waals surface area contributed by atoms with Crippen molar-refractivity contribution in [2.24, 2.45) is 0 Å². The van der Waals surface area contributed by atoms with Crippen LogP contribution in [0.25, 0.3) is 0 Å². The summed E-state index contributed by atoms with van der Waals surface area (Å²) in [5.74, 6) is 2.57. The van der Waals surface area contributed by atoms with E-state index in [0.29, 0.717) is 6.04 Å². The lowest BCUT2D eigenvalue weighted by atomic mass is 10.0. The van der Waals surface area contributed by atoms with E-state index in [2.05, 4.69) is 32.9 Å². The smallest absolute Gasteiger partial charge is 0.225 e. The van der Waals surface area contributed by atoms with Gasteiger partial charge < -0.3 is 14.4 Å². The molecule has 1 saturated heterocycles. The third-order valence-corrected chi connectivity index (χ3v) is 5.01. The summed E-state index contributed by atoms with van der Waals surface area (Å²) in [5.41, 5.74) is 2.15. The van der Waals surface area contributed by atoms with Gasteiger partial charge in [-0.2, -0.15) is 0 Å². The maximum atomic E-state index is 5.53. The van der Waals surface area contributed by atoms with Gasteiger partial charge in [0.25, 0.3) is 0 Å². The first-order valence-corrected chi connectivity index (χ1v) is 9.06. The van der Waals surface area contributed by atoms with Gasteiger partial charge in [0, 0.05) is 43.6 Å². The zero-order valence-electron chi connectivity index (χ0n) is 16.1. The number of nitrogens with zero attached hydrogens (tertiary/aromatic N) is 4. The van der Waals surface area contributed by atoms with Crippen molar-refractivity contribution in [3.8, 4) is 11.5 Å². The Kier molecular flexibility index (Phi) is 5.93. The van der Waals surface area contributed by atoms with Crippen LogP contribution in [0, 0.1) is 6.92 Å². The fourth-order valence-electron chi connectivity index (χ4n) is 3.51. The van der Waals surface area contributed by atoms with Crippen molar-refractivity contribution in [1.82, 2.24) is 14.9 Å². The first-order chi connectivity index (χ1) is 12.6. The molecular formula is C20H28N4O2. The first kappa shape index (κ1) is 18.5. The molecule has 0 bridgehead atoms. The van der Waals surface area contributed by atoms with Crippen LogP contribution in [0.1, 0.15) is 24.1 Å². The molecule has 2 aromatic rings. The number of anilines is 1. The van der Waals surface area contributed by atoms with Crippen LogP contribution in [0.4, 0.5) is 5.95 Å². The predicted octanol–water partition coefficient (Wildman–Crippen LogP) is 2.90. The summed E-state index contributed by atoms with van der Waals surface area (Å²) in [4.78, 5) is 13.7. The molecule has 1 aromatic heterocycles. The second-order valence-electron chi connectivity index (χ2n) is 6.82. The summed E-state index contributed by atoms with van der Waals surface area (Å²) in [6.45, 7) is 4.91. The highest BCUT2D eigenvalue weighted by Gasteiger charge is 2.25. The first-order valence-electron chi connectivity index (χ1n) is 9.06. The molecule has 1 atom stereocenters. The van der Waals surface area contributed by atoms with Gasteiger partial charge in [0.2, 0.25) is 5.95 Å². The zero-order valence-corrected chi connectivity index (χ0v) is 16.1. The lowest BCUT2D eigenvalue weighted by molar-refractivity contribution is 0.196. The normalized spacial score (nSPS) is 17.8. The topological polar surface area (TPSA) is 50.7 Å². The van der Waals surface area contributed by atoms with Crippen LogP contribution in [0.3, 0.4) is 0 Å². The molecule has 1 unspecified atom stereocenters. The average Bonchev–Trinajstić information content (AvgIpc) is 2.67. The summed E-state index contributed by atoms with van der Waals surface area (Å²) in [6, 6.07) is 8.31. The summed E-state index contributed by atoms with van der Waals surface area (Å²) < 4.78 is 10.9. The summed E-state index contributed by atoms with van der Waals surface area (Å²) in [5, 5.41) is 0. The minimum atomic E-state index is 0.405. The second kappa shape index (κ2) is 8.36. The van der Waals surface area contributed by atoms with Crippen LogP contribution in [0.2, 0.25) is 0 Å². The van der Waals surface area contributed by atoms with Gasteiger partial charge in [-0.25, -0.2) is 9.97 Å². The van der Waals surface area contributed by atoms with Gasteiger partial charge in [-0.05, 0) is 50.6 Å². The molecule has 0 spiro atoms. The Bertz CT molecular complexity index is 738. The molecule has 0 N–H and O–H groups in total. The number of likely N-dealkylation sites (N-methyl/N-ethyl adjacent to an activating group) is 1. The van der Waals surface area contributed by atoms with E-state index < -0.39 is 0 Å². The summed E-state index contributed by atoms with van der Waals surface area (Å²) in [6.07, 6.45) is 4.14. The lowest BCUT2D eigenvalue weighted by Crippen LogP contribution is -2.46. The SMILES string of the molecule is COc1ccc(OC)c(CN2CCCC(N(C)c3nccc(C)n3)C2)c1. The fraction of sp³-hybridized carbons (Fsp3) is 0.500. The van der Waals surface area contributed by atoms with Crippen molar-refractivity contribution >= 4 is 5.95 Å².